The van der Waals surface area contributed by atoms with Gasteiger partial charge in [-0.25, -0.2) is 4.98 Å². The van der Waals surface area contributed by atoms with Gasteiger partial charge < -0.3 is 10.6 Å². The van der Waals surface area contributed by atoms with Crippen molar-refractivity contribution in [2.75, 3.05) is 19.6 Å². The van der Waals surface area contributed by atoms with Crippen molar-refractivity contribution in [3.8, 4) is 11.3 Å². The lowest BCUT2D eigenvalue weighted by Crippen LogP contribution is -2.30. The van der Waals surface area contributed by atoms with E-state index < -0.39 is 0 Å². The van der Waals surface area contributed by atoms with Crippen LogP contribution in [0, 0.1) is 0 Å². The van der Waals surface area contributed by atoms with E-state index in [4.69, 9.17) is 22.3 Å². The number of hydrogen-bond donors (Lipinski definition) is 1. The Kier molecular flexibility index (Phi) is 6.79. The average Bonchev–Trinajstić information content (AvgIpc) is 3.40. The van der Waals surface area contributed by atoms with Gasteiger partial charge in [0.05, 0.1) is 15.9 Å². The molecule has 5 rings (SSSR count). The number of ketones is 1. The molecule has 0 unspecified atom stereocenters. The number of carbonyl (C=O) groups excluding carboxylic acids is 1. The second-order valence-corrected chi connectivity index (χ2v) is 10.3. The molecule has 0 amide bonds. The quantitative estimate of drug-likeness (QED) is 0.242. The Morgan fingerprint density at radius 3 is 2.73 bits per heavy atom. The van der Waals surface area contributed by atoms with E-state index in [1.807, 2.05) is 42.6 Å². The lowest BCUT2D eigenvalue weighted by Gasteiger charge is -2.26. The molecular weight excluding hydrogens is 452 g/mol. The Bertz CT molecular complexity index is 1290. The predicted molar refractivity (Wildman–Crippen MR) is 137 cm³/mol. The Morgan fingerprint density at radius 1 is 1.09 bits per heavy atom. The van der Waals surface area contributed by atoms with Crippen LogP contribution in [0.25, 0.3) is 26.4 Å². The van der Waals surface area contributed by atoms with Crippen LogP contribution < -0.4 is 5.73 Å². The van der Waals surface area contributed by atoms with Crippen LogP contribution >= 0.6 is 22.9 Å². The third-order valence-corrected chi connectivity index (χ3v) is 7.93. The zero-order chi connectivity index (χ0) is 22.8. The lowest BCUT2D eigenvalue weighted by molar-refractivity contribution is 0.0977. The summed E-state index contributed by atoms with van der Waals surface area (Å²) in [6, 6.07) is 11.9. The number of hydrogen-bond acceptors (Lipinski definition) is 5. The number of Topliss-reactive ketones (excluding diaryl/α,β-unsaturated/α-hetero) is 1. The summed E-state index contributed by atoms with van der Waals surface area (Å²) in [6.07, 6.45) is 8.70. The van der Waals surface area contributed by atoms with E-state index in [9.17, 15) is 4.79 Å². The SMILES string of the molecule is NCc1ccc(-c2cn3c(n2)sc2cc(C(=O)CCCCN4CCCCC4)ccc23)cc1Cl. The molecule has 0 spiro atoms. The Morgan fingerprint density at radius 2 is 1.94 bits per heavy atom. The van der Waals surface area contributed by atoms with E-state index in [-0.39, 0.29) is 5.78 Å². The number of imidazole rings is 1. The van der Waals surface area contributed by atoms with Gasteiger partial charge in [0.15, 0.2) is 10.7 Å². The van der Waals surface area contributed by atoms with Crippen molar-refractivity contribution < 1.29 is 4.79 Å². The molecule has 33 heavy (non-hydrogen) atoms. The molecular formula is C26H29ClN4OS. The van der Waals surface area contributed by atoms with Gasteiger partial charge in [0.2, 0.25) is 0 Å². The van der Waals surface area contributed by atoms with Crippen molar-refractivity contribution in [3.63, 3.8) is 0 Å². The molecule has 0 radical (unpaired) electrons. The van der Waals surface area contributed by atoms with Gasteiger partial charge in [0.1, 0.15) is 0 Å². The molecule has 2 N–H and O–H groups in total. The molecule has 1 aliphatic rings. The first kappa shape index (κ1) is 22.5. The van der Waals surface area contributed by atoms with Crippen molar-refractivity contribution in [1.82, 2.24) is 14.3 Å². The smallest absolute Gasteiger partial charge is 0.195 e. The summed E-state index contributed by atoms with van der Waals surface area (Å²) in [6.45, 7) is 3.98. The highest BCUT2D eigenvalue weighted by Crippen LogP contribution is 2.32. The van der Waals surface area contributed by atoms with Crippen molar-refractivity contribution >= 4 is 43.9 Å². The fourth-order valence-corrected chi connectivity index (χ4v) is 5.94. The highest BCUT2D eigenvalue weighted by Gasteiger charge is 2.14. The molecule has 0 bridgehead atoms. The number of benzene rings is 2. The maximum absolute atomic E-state index is 12.8. The molecule has 1 fully saturated rings. The van der Waals surface area contributed by atoms with Crippen LogP contribution in [-0.2, 0) is 6.54 Å². The Hall–Kier alpha value is -2.25. The second-order valence-electron chi connectivity index (χ2n) is 8.86. The van der Waals surface area contributed by atoms with Crippen molar-refractivity contribution in [2.45, 2.75) is 45.1 Å². The highest BCUT2D eigenvalue weighted by atomic mass is 35.5. The van der Waals surface area contributed by atoms with Gasteiger partial charge in [-0.1, -0.05) is 41.5 Å². The lowest BCUT2D eigenvalue weighted by atomic mass is 10.0. The van der Waals surface area contributed by atoms with Crippen molar-refractivity contribution in [2.24, 2.45) is 5.73 Å². The van der Waals surface area contributed by atoms with Crippen molar-refractivity contribution in [1.29, 1.82) is 0 Å². The molecule has 2 aromatic carbocycles. The van der Waals surface area contributed by atoms with Gasteiger partial charge >= 0.3 is 0 Å². The third-order valence-electron chi connectivity index (χ3n) is 6.56. The van der Waals surface area contributed by atoms with Crippen LogP contribution in [-0.4, -0.2) is 39.7 Å². The zero-order valence-corrected chi connectivity index (χ0v) is 20.3. The van der Waals surface area contributed by atoms with E-state index in [0.717, 1.165) is 56.9 Å². The summed E-state index contributed by atoms with van der Waals surface area (Å²) in [4.78, 5) is 21.0. The number of fused-ring (bicyclic) bond motifs is 3. The Balaban J connectivity index is 1.27. The summed E-state index contributed by atoms with van der Waals surface area (Å²) in [5, 5.41) is 0.662. The maximum Gasteiger partial charge on any atom is 0.195 e. The van der Waals surface area contributed by atoms with E-state index in [1.165, 1.54) is 32.4 Å². The number of nitrogens with two attached hydrogens (primary N) is 1. The normalized spacial score (nSPS) is 15.0. The monoisotopic (exact) mass is 480 g/mol. The minimum atomic E-state index is 0.233. The van der Waals surface area contributed by atoms with Gasteiger partial charge in [-0.2, -0.15) is 0 Å². The predicted octanol–water partition coefficient (Wildman–Crippen LogP) is 6.17. The number of thiazole rings is 1. The second kappa shape index (κ2) is 9.94. The van der Waals surface area contributed by atoms with Gasteiger partial charge in [-0.15, -0.1) is 0 Å². The van der Waals surface area contributed by atoms with E-state index in [0.29, 0.717) is 18.0 Å². The summed E-state index contributed by atoms with van der Waals surface area (Å²) in [7, 11) is 0. The first-order valence-electron chi connectivity index (χ1n) is 11.8. The highest BCUT2D eigenvalue weighted by molar-refractivity contribution is 7.23. The van der Waals surface area contributed by atoms with E-state index in [1.54, 1.807) is 11.3 Å². The standard InChI is InChI=1S/C26H29ClN4OS/c27-21-14-18(7-8-20(21)16-28)22-17-31-23-10-9-19(15-25(23)33-26(31)29-22)24(32)6-2-5-13-30-11-3-1-4-12-30/h7-10,14-15,17H,1-6,11-13,16,28H2. The van der Waals surface area contributed by atoms with Gasteiger partial charge in [-0.05, 0) is 75.1 Å². The molecule has 5 nitrogen and oxygen atoms in total. The van der Waals surface area contributed by atoms with E-state index in [2.05, 4.69) is 9.30 Å². The summed E-state index contributed by atoms with van der Waals surface area (Å²) in [5.41, 5.74) is 10.4. The first-order chi connectivity index (χ1) is 16.1. The summed E-state index contributed by atoms with van der Waals surface area (Å²) >= 11 is 7.94. The number of rotatable bonds is 8. The molecule has 7 heteroatoms. The minimum Gasteiger partial charge on any atom is -0.326 e. The molecule has 1 aliphatic heterocycles. The zero-order valence-electron chi connectivity index (χ0n) is 18.7. The van der Waals surface area contributed by atoms with Crippen LogP contribution in [0.3, 0.4) is 0 Å². The largest absolute Gasteiger partial charge is 0.326 e. The average molecular weight is 481 g/mol. The van der Waals surface area contributed by atoms with Crippen LogP contribution in [0.4, 0.5) is 0 Å². The first-order valence-corrected chi connectivity index (χ1v) is 13.0. The molecule has 1 saturated heterocycles. The van der Waals surface area contributed by atoms with E-state index >= 15 is 0 Å². The minimum absolute atomic E-state index is 0.233. The number of carbonyl (C=O) groups is 1. The third kappa shape index (κ3) is 4.85. The summed E-state index contributed by atoms with van der Waals surface area (Å²) < 4.78 is 3.17. The number of halogens is 1. The molecule has 0 atom stereocenters. The molecule has 0 saturated carbocycles. The van der Waals surface area contributed by atoms with Crippen LogP contribution in [0.1, 0.15) is 54.4 Å². The van der Waals surface area contributed by atoms with Crippen LogP contribution in [0.15, 0.2) is 42.6 Å². The van der Waals surface area contributed by atoms with Crippen LogP contribution in [0.5, 0.6) is 0 Å². The molecule has 172 valence electrons. The topological polar surface area (TPSA) is 63.6 Å². The maximum atomic E-state index is 12.8. The number of piperidine rings is 1. The fraction of sp³-hybridized carbons (Fsp3) is 0.385. The fourth-order valence-electron chi connectivity index (χ4n) is 4.63. The van der Waals surface area contributed by atoms with Gasteiger partial charge in [0.25, 0.3) is 0 Å². The van der Waals surface area contributed by atoms with Crippen molar-refractivity contribution in [3.05, 3.63) is 58.7 Å². The van der Waals surface area contributed by atoms with Crippen LogP contribution in [0.2, 0.25) is 5.02 Å². The number of likely N-dealkylation sites (tertiary alicyclic amines) is 1. The number of aromatic nitrogens is 2. The van der Waals surface area contributed by atoms with Gasteiger partial charge in [-0.3, -0.25) is 9.20 Å². The van der Waals surface area contributed by atoms with Gasteiger partial charge in [0, 0.05) is 35.3 Å². The number of unbranched alkanes of at least 4 members (excludes halogenated alkanes) is 1. The number of nitrogens with zero attached hydrogens (tertiary/aromatic N) is 3. The molecule has 4 aromatic rings. The molecule has 3 heterocycles. The Labute approximate surface area is 203 Å². The molecule has 2 aromatic heterocycles. The molecule has 0 aliphatic carbocycles. The summed E-state index contributed by atoms with van der Waals surface area (Å²) in [5.74, 6) is 0.233.